The highest BCUT2D eigenvalue weighted by Crippen LogP contribution is 2.28. The van der Waals surface area contributed by atoms with Crippen LogP contribution >= 0.6 is 0 Å². The molecule has 140 valence electrons. The minimum atomic E-state index is 0.218. The molecule has 0 atom stereocenters. The van der Waals surface area contributed by atoms with Crippen LogP contribution in [0.1, 0.15) is 44.1 Å². The number of nitrogens with zero attached hydrogens (tertiary/aromatic N) is 2. The molecule has 3 aromatic rings. The third-order valence-electron chi connectivity index (χ3n) is 5.31. The average molecular weight is 363 g/mol. The number of rotatable bonds is 6. The summed E-state index contributed by atoms with van der Waals surface area (Å²) in [4.78, 5) is 0. The van der Waals surface area contributed by atoms with Gasteiger partial charge in [-0.15, -0.1) is 5.10 Å². The lowest BCUT2D eigenvalue weighted by atomic mass is 9.85. The van der Waals surface area contributed by atoms with Crippen molar-refractivity contribution in [2.75, 3.05) is 5.32 Å². The van der Waals surface area contributed by atoms with E-state index in [4.69, 9.17) is 4.42 Å². The van der Waals surface area contributed by atoms with Crippen molar-refractivity contribution in [1.29, 1.82) is 0 Å². The smallest absolute Gasteiger partial charge is 0.320 e. The second-order valence-electron chi connectivity index (χ2n) is 7.32. The van der Waals surface area contributed by atoms with Crippen molar-refractivity contribution >= 4 is 11.7 Å². The Bertz CT molecular complexity index is 850. The predicted molar refractivity (Wildman–Crippen MR) is 106 cm³/mol. The van der Waals surface area contributed by atoms with E-state index in [1.54, 1.807) is 24.3 Å². The minimum Gasteiger partial charge on any atom is -0.508 e. The van der Waals surface area contributed by atoms with Gasteiger partial charge >= 0.3 is 6.01 Å². The van der Waals surface area contributed by atoms with Crippen molar-refractivity contribution in [1.82, 2.24) is 10.2 Å². The molecule has 1 aromatic heterocycles. The molecular formula is C22H25N3O2. The van der Waals surface area contributed by atoms with Gasteiger partial charge in [0, 0.05) is 11.3 Å². The van der Waals surface area contributed by atoms with E-state index >= 15 is 0 Å². The first kappa shape index (κ1) is 17.6. The molecule has 0 spiro atoms. The summed E-state index contributed by atoms with van der Waals surface area (Å²) in [5, 5.41) is 20.5. The Morgan fingerprint density at radius 1 is 0.926 bits per heavy atom. The quantitative estimate of drug-likeness (QED) is 0.550. The SMILES string of the molecule is Oc1ccc(Nc2nnc(-c3ccc(CCC4CCCCC4)cc3)o2)cc1. The van der Waals surface area contributed by atoms with Crippen molar-refractivity contribution in [3.05, 3.63) is 54.1 Å². The maximum atomic E-state index is 9.33. The van der Waals surface area contributed by atoms with Crippen LogP contribution in [0.5, 0.6) is 5.75 Å². The normalized spacial score (nSPS) is 15.0. The third-order valence-corrected chi connectivity index (χ3v) is 5.31. The second-order valence-corrected chi connectivity index (χ2v) is 7.32. The van der Waals surface area contributed by atoms with Crippen molar-refractivity contribution in [2.24, 2.45) is 5.92 Å². The summed E-state index contributed by atoms with van der Waals surface area (Å²) in [5.41, 5.74) is 3.06. The number of benzene rings is 2. The van der Waals surface area contributed by atoms with Gasteiger partial charge in [0.05, 0.1) is 0 Å². The molecule has 4 rings (SSSR count). The van der Waals surface area contributed by atoms with Gasteiger partial charge in [0.15, 0.2) is 0 Å². The number of aryl methyl sites for hydroxylation is 1. The molecule has 2 aromatic carbocycles. The summed E-state index contributed by atoms with van der Waals surface area (Å²) in [6.45, 7) is 0. The standard InChI is InChI=1S/C22H25N3O2/c26-20-14-12-19(13-15-20)23-22-25-24-21(27-22)18-10-8-17(9-11-18)7-6-16-4-2-1-3-5-16/h8-16,26H,1-7H2,(H,23,25). The van der Waals surface area contributed by atoms with Crippen LogP contribution in [-0.2, 0) is 6.42 Å². The van der Waals surface area contributed by atoms with Gasteiger partial charge in [-0.05, 0) is 60.7 Å². The van der Waals surface area contributed by atoms with E-state index in [2.05, 4.69) is 27.6 Å². The molecule has 5 nitrogen and oxygen atoms in total. The van der Waals surface area contributed by atoms with Gasteiger partial charge in [-0.1, -0.05) is 49.3 Å². The lowest BCUT2D eigenvalue weighted by molar-refractivity contribution is 0.339. The molecule has 1 fully saturated rings. The first-order valence-electron chi connectivity index (χ1n) is 9.75. The zero-order valence-electron chi connectivity index (χ0n) is 15.4. The van der Waals surface area contributed by atoms with E-state index in [0.29, 0.717) is 11.9 Å². The molecule has 0 radical (unpaired) electrons. The van der Waals surface area contributed by atoms with Crippen molar-refractivity contribution in [2.45, 2.75) is 44.9 Å². The molecule has 0 bridgehead atoms. The van der Waals surface area contributed by atoms with Crippen molar-refractivity contribution in [3.8, 4) is 17.2 Å². The summed E-state index contributed by atoms with van der Waals surface area (Å²) in [6, 6.07) is 15.5. The van der Waals surface area contributed by atoms with Crippen LogP contribution < -0.4 is 5.32 Å². The fourth-order valence-corrected chi connectivity index (χ4v) is 3.72. The minimum absolute atomic E-state index is 0.218. The first-order valence-corrected chi connectivity index (χ1v) is 9.75. The molecule has 1 aliphatic rings. The Kier molecular flexibility index (Phi) is 5.37. The molecule has 0 aliphatic heterocycles. The molecule has 2 N–H and O–H groups in total. The van der Waals surface area contributed by atoms with Crippen LogP contribution in [-0.4, -0.2) is 15.3 Å². The van der Waals surface area contributed by atoms with E-state index in [1.807, 2.05) is 12.1 Å². The molecule has 0 amide bonds. The Hall–Kier alpha value is -2.82. The molecule has 1 saturated carbocycles. The van der Waals surface area contributed by atoms with Crippen LogP contribution in [0.4, 0.5) is 11.7 Å². The lowest BCUT2D eigenvalue weighted by Crippen LogP contribution is -2.07. The van der Waals surface area contributed by atoms with Crippen molar-refractivity contribution in [3.63, 3.8) is 0 Å². The number of aromatic nitrogens is 2. The number of phenolic OH excluding ortho intramolecular Hbond substituents is 1. The van der Waals surface area contributed by atoms with Gasteiger partial charge in [-0.3, -0.25) is 0 Å². The Labute approximate surface area is 159 Å². The van der Waals surface area contributed by atoms with Gasteiger partial charge in [-0.2, -0.15) is 0 Å². The molecular weight excluding hydrogens is 338 g/mol. The largest absolute Gasteiger partial charge is 0.508 e. The first-order chi connectivity index (χ1) is 13.3. The summed E-state index contributed by atoms with van der Waals surface area (Å²) in [5.74, 6) is 1.62. The zero-order chi connectivity index (χ0) is 18.5. The molecule has 0 saturated heterocycles. The predicted octanol–water partition coefficient (Wildman–Crippen LogP) is 5.70. The molecule has 1 heterocycles. The highest BCUT2D eigenvalue weighted by molar-refractivity contribution is 5.57. The number of anilines is 2. The highest BCUT2D eigenvalue weighted by Gasteiger charge is 2.13. The molecule has 27 heavy (non-hydrogen) atoms. The van der Waals surface area contributed by atoms with E-state index in [-0.39, 0.29) is 5.75 Å². The number of hydrogen-bond acceptors (Lipinski definition) is 5. The monoisotopic (exact) mass is 363 g/mol. The Morgan fingerprint density at radius 2 is 1.67 bits per heavy atom. The van der Waals surface area contributed by atoms with Gasteiger partial charge in [0.25, 0.3) is 0 Å². The van der Waals surface area contributed by atoms with E-state index < -0.39 is 0 Å². The van der Waals surface area contributed by atoms with E-state index in [1.165, 1.54) is 44.1 Å². The fraction of sp³-hybridized carbons (Fsp3) is 0.364. The van der Waals surface area contributed by atoms with Gasteiger partial charge < -0.3 is 14.8 Å². The number of aromatic hydroxyl groups is 1. The topological polar surface area (TPSA) is 71.2 Å². The van der Waals surface area contributed by atoms with Crippen LogP contribution in [0, 0.1) is 5.92 Å². The maximum absolute atomic E-state index is 9.33. The van der Waals surface area contributed by atoms with Gasteiger partial charge in [0.2, 0.25) is 5.89 Å². The summed E-state index contributed by atoms with van der Waals surface area (Å²) in [6.07, 6.45) is 9.46. The molecule has 0 unspecified atom stereocenters. The summed E-state index contributed by atoms with van der Waals surface area (Å²) in [7, 11) is 0. The maximum Gasteiger partial charge on any atom is 0.320 e. The fourth-order valence-electron chi connectivity index (χ4n) is 3.72. The lowest BCUT2D eigenvalue weighted by Gasteiger charge is -2.21. The second kappa shape index (κ2) is 8.25. The number of nitrogens with one attached hydrogen (secondary N) is 1. The number of phenols is 1. The van der Waals surface area contributed by atoms with E-state index in [0.717, 1.165) is 23.6 Å². The molecule has 5 heteroatoms. The average Bonchev–Trinajstić information content (AvgIpc) is 3.18. The van der Waals surface area contributed by atoms with Crippen molar-refractivity contribution < 1.29 is 9.52 Å². The van der Waals surface area contributed by atoms with E-state index in [9.17, 15) is 5.11 Å². The Balaban J connectivity index is 1.36. The van der Waals surface area contributed by atoms with Crippen LogP contribution in [0.3, 0.4) is 0 Å². The summed E-state index contributed by atoms with van der Waals surface area (Å²) < 4.78 is 5.70. The van der Waals surface area contributed by atoms with Gasteiger partial charge in [-0.25, -0.2) is 0 Å². The summed E-state index contributed by atoms with van der Waals surface area (Å²) >= 11 is 0. The van der Waals surface area contributed by atoms with Crippen LogP contribution in [0.25, 0.3) is 11.5 Å². The zero-order valence-corrected chi connectivity index (χ0v) is 15.4. The molecule has 1 aliphatic carbocycles. The third kappa shape index (κ3) is 4.67. The van der Waals surface area contributed by atoms with Crippen LogP contribution in [0.15, 0.2) is 52.9 Å². The highest BCUT2D eigenvalue weighted by atomic mass is 16.4. The Morgan fingerprint density at radius 3 is 2.41 bits per heavy atom. The van der Waals surface area contributed by atoms with Gasteiger partial charge in [0.1, 0.15) is 5.75 Å². The number of hydrogen-bond donors (Lipinski definition) is 2. The van der Waals surface area contributed by atoms with Crippen LogP contribution in [0.2, 0.25) is 0 Å².